The summed E-state index contributed by atoms with van der Waals surface area (Å²) >= 11 is 5.58. The van der Waals surface area contributed by atoms with Crippen LogP contribution < -0.4 is 14.8 Å². The van der Waals surface area contributed by atoms with Crippen molar-refractivity contribution in [2.24, 2.45) is 0 Å². The average Bonchev–Trinajstić information content (AvgIpc) is 2.75. The molecular weight excluding hydrogens is 378 g/mol. The minimum atomic E-state index is 0.216. The van der Waals surface area contributed by atoms with E-state index in [0.717, 1.165) is 23.5 Å². The van der Waals surface area contributed by atoms with Gasteiger partial charge >= 0.3 is 0 Å². The van der Waals surface area contributed by atoms with Crippen molar-refractivity contribution < 1.29 is 9.47 Å². The quantitative estimate of drug-likeness (QED) is 0.399. The summed E-state index contributed by atoms with van der Waals surface area (Å²) in [7, 11) is 1.63. The Balaban J connectivity index is 1.58. The predicted octanol–water partition coefficient (Wildman–Crippen LogP) is 5.47. The van der Waals surface area contributed by atoms with E-state index in [9.17, 15) is 0 Å². The van der Waals surface area contributed by atoms with Gasteiger partial charge in [0.15, 0.2) is 11.5 Å². The predicted molar refractivity (Wildman–Crippen MR) is 124 cm³/mol. The molecule has 0 aliphatic heterocycles. The summed E-state index contributed by atoms with van der Waals surface area (Å²) in [5, 5.41) is 5.87. The third kappa shape index (κ3) is 5.49. The van der Waals surface area contributed by atoms with Crippen molar-refractivity contribution in [2.45, 2.75) is 25.8 Å². The van der Waals surface area contributed by atoms with Gasteiger partial charge in [-0.2, -0.15) is 0 Å². The Morgan fingerprint density at radius 2 is 1.86 bits per heavy atom. The zero-order valence-electron chi connectivity index (χ0n) is 16.8. The molecule has 1 N–H and O–H groups in total. The third-order valence-electron chi connectivity index (χ3n) is 4.86. The lowest BCUT2D eigenvalue weighted by Gasteiger charge is -2.17. The number of terminal acetylenes is 1. The molecule has 148 valence electrons. The third-order valence-corrected chi connectivity index (χ3v) is 5.17. The molecule has 4 heteroatoms. The molecule has 3 nitrogen and oxygen atoms in total. The molecule has 3 rings (SSSR count). The van der Waals surface area contributed by atoms with Crippen molar-refractivity contribution in [1.29, 1.82) is 0 Å². The number of benzene rings is 3. The Bertz CT molecular complexity index is 1040. The van der Waals surface area contributed by atoms with Crippen LogP contribution in [0.2, 0.25) is 0 Å². The van der Waals surface area contributed by atoms with E-state index in [-0.39, 0.29) is 12.5 Å². The molecular formula is C25H25NO2S. The lowest BCUT2D eigenvalue weighted by Crippen LogP contribution is -2.22. The molecule has 0 radical (unpaired) electrons. The molecule has 0 amide bonds. The van der Waals surface area contributed by atoms with Crippen LogP contribution in [0.15, 0.2) is 60.7 Å². The van der Waals surface area contributed by atoms with Gasteiger partial charge in [0.25, 0.3) is 0 Å². The van der Waals surface area contributed by atoms with Crippen molar-refractivity contribution >= 4 is 28.0 Å². The van der Waals surface area contributed by atoms with Gasteiger partial charge in [-0.3, -0.25) is 0 Å². The minimum Gasteiger partial charge on any atom is -0.493 e. The zero-order valence-corrected chi connectivity index (χ0v) is 17.6. The second-order valence-corrected chi connectivity index (χ2v) is 7.46. The highest BCUT2D eigenvalue weighted by Crippen LogP contribution is 2.32. The van der Waals surface area contributed by atoms with Gasteiger partial charge in [-0.05, 0) is 46.0 Å². The minimum absolute atomic E-state index is 0.216. The van der Waals surface area contributed by atoms with E-state index in [2.05, 4.69) is 60.6 Å². The number of hydrogen-bond acceptors (Lipinski definition) is 3. The fourth-order valence-electron chi connectivity index (χ4n) is 3.25. The molecule has 0 bridgehead atoms. The molecule has 29 heavy (non-hydrogen) atoms. The summed E-state index contributed by atoms with van der Waals surface area (Å²) in [4.78, 5) is 0.845. The maximum atomic E-state index is 5.58. The molecule has 0 heterocycles. The first kappa shape index (κ1) is 20.7. The topological polar surface area (TPSA) is 30.5 Å². The highest BCUT2D eigenvalue weighted by Gasteiger charge is 2.13. The van der Waals surface area contributed by atoms with E-state index in [4.69, 9.17) is 28.1 Å². The first-order valence-corrected chi connectivity index (χ1v) is 10.00. The van der Waals surface area contributed by atoms with Crippen molar-refractivity contribution in [3.8, 4) is 23.8 Å². The maximum Gasteiger partial charge on any atom is 0.162 e. The van der Waals surface area contributed by atoms with Gasteiger partial charge in [-0.25, -0.2) is 0 Å². The van der Waals surface area contributed by atoms with E-state index in [1.165, 1.54) is 16.3 Å². The standard InChI is InChI=1S/C25H25NO2S/c1-4-13-28-23-12-11-21(16-24(23)27-3)18(2)14-25(29)26-17-19-9-10-20-7-5-6-8-22(20)15-19/h1,5-12,15-16,18H,13-14,17H2,2-3H3,(H,26,29). The summed E-state index contributed by atoms with van der Waals surface area (Å²) in [5.41, 5.74) is 2.36. The van der Waals surface area contributed by atoms with E-state index in [1.807, 2.05) is 18.2 Å². The fraction of sp³-hybridized carbons (Fsp3) is 0.240. The number of rotatable bonds is 8. The highest BCUT2D eigenvalue weighted by molar-refractivity contribution is 7.80. The van der Waals surface area contributed by atoms with E-state index in [0.29, 0.717) is 11.5 Å². The summed E-state index contributed by atoms with van der Waals surface area (Å²) in [5.74, 6) is 4.05. The number of hydrogen-bond donors (Lipinski definition) is 1. The van der Waals surface area contributed by atoms with Gasteiger partial charge in [0.2, 0.25) is 0 Å². The molecule has 0 saturated heterocycles. The van der Waals surface area contributed by atoms with Gasteiger partial charge in [-0.1, -0.05) is 67.5 Å². The van der Waals surface area contributed by atoms with Crippen molar-refractivity contribution in [2.75, 3.05) is 13.7 Å². The molecule has 0 aliphatic rings. The van der Waals surface area contributed by atoms with Crippen LogP contribution in [0.5, 0.6) is 11.5 Å². The van der Waals surface area contributed by atoms with Crippen LogP contribution in [0.3, 0.4) is 0 Å². The van der Waals surface area contributed by atoms with Crippen LogP contribution in [0, 0.1) is 12.3 Å². The number of fused-ring (bicyclic) bond motifs is 1. The molecule has 1 atom stereocenters. The van der Waals surface area contributed by atoms with Crippen LogP contribution in [-0.2, 0) is 6.54 Å². The van der Waals surface area contributed by atoms with Gasteiger partial charge in [-0.15, -0.1) is 6.42 Å². The first-order chi connectivity index (χ1) is 14.1. The van der Waals surface area contributed by atoms with E-state index >= 15 is 0 Å². The van der Waals surface area contributed by atoms with Crippen LogP contribution in [0.25, 0.3) is 10.8 Å². The van der Waals surface area contributed by atoms with Crippen molar-refractivity contribution in [3.63, 3.8) is 0 Å². The average molecular weight is 404 g/mol. The van der Waals surface area contributed by atoms with E-state index < -0.39 is 0 Å². The second-order valence-electron chi connectivity index (χ2n) is 6.97. The largest absolute Gasteiger partial charge is 0.493 e. The molecule has 1 unspecified atom stereocenters. The molecule has 0 spiro atoms. The molecule has 0 aliphatic carbocycles. The summed E-state index contributed by atoms with van der Waals surface area (Å²) in [6.07, 6.45) is 6.02. The van der Waals surface area contributed by atoms with Gasteiger partial charge in [0, 0.05) is 13.0 Å². The van der Waals surface area contributed by atoms with Crippen molar-refractivity contribution in [3.05, 3.63) is 71.8 Å². The molecule has 0 saturated carbocycles. The smallest absolute Gasteiger partial charge is 0.162 e. The van der Waals surface area contributed by atoms with Crippen LogP contribution in [0.4, 0.5) is 0 Å². The number of nitrogens with one attached hydrogen (secondary N) is 1. The lowest BCUT2D eigenvalue weighted by molar-refractivity contribution is 0.330. The second kappa shape index (κ2) is 9.95. The Morgan fingerprint density at radius 1 is 1.07 bits per heavy atom. The van der Waals surface area contributed by atoms with Crippen LogP contribution in [-0.4, -0.2) is 18.7 Å². The summed E-state index contributed by atoms with van der Waals surface area (Å²) in [6, 6.07) is 20.8. The Hall–Kier alpha value is -3.03. The fourth-order valence-corrected chi connectivity index (χ4v) is 3.57. The van der Waals surface area contributed by atoms with E-state index in [1.54, 1.807) is 7.11 Å². The Labute approximate surface area is 178 Å². The maximum absolute atomic E-state index is 5.58. The number of methoxy groups -OCH3 is 1. The monoisotopic (exact) mass is 403 g/mol. The number of thiocarbonyl (C=S) groups is 1. The molecule has 3 aromatic rings. The lowest BCUT2D eigenvalue weighted by atomic mass is 9.97. The van der Waals surface area contributed by atoms with Gasteiger partial charge in [0.05, 0.1) is 12.1 Å². The first-order valence-electron chi connectivity index (χ1n) is 9.59. The summed E-state index contributed by atoms with van der Waals surface area (Å²) < 4.78 is 10.9. The van der Waals surface area contributed by atoms with Gasteiger partial charge < -0.3 is 14.8 Å². The van der Waals surface area contributed by atoms with Crippen molar-refractivity contribution in [1.82, 2.24) is 5.32 Å². The van der Waals surface area contributed by atoms with Gasteiger partial charge in [0.1, 0.15) is 6.61 Å². The normalized spacial score (nSPS) is 11.5. The SMILES string of the molecule is C#CCOc1ccc(C(C)CC(=S)NCc2ccc3ccccc3c2)cc1OC. The van der Waals surface area contributed by atoms with Crippen LogP contribution in [0.1, 0.15) is 30.4 Å². The molecule has 3 aromatic carbocycles. The Morgan fingerprint density at radius 3 is 2.62 bits per heavy atom. The summed E-state index contributed by atoms with van der Waals surface area (Å²) in [6.45, 7) is 3.09. The Kier molecular flexibility index (Phi) is 7.10. The van der Waals surface area contributed by atoms with Crippen LogP contribution >= 0.6 is 12.2 Å². The highest BCUT2D eigenvalue weighted by atomic mass is 32.1. The molecule has 0 fully saturated rings. The zero-order chi connectivity index (χ0) is 20.6. The number of ether oxygens (including phenoxy) is 2. The molecule has 0 aromatic heterocycles.